The van der Waals surface area contributed by atoms with Crippen molar-refractivity contribution in [3.8, 4) is 11.5 Å². The molecule has 0 spiro atoms. The number of aromatic hydroxyl groups is 1. The molecule has 0 radical (unpaired) electrons. The number of carbonyl (C=O) groups is 3. The third-order valence-electron chi connectivity index (χ3n) is 11.3. The normalized spacial score (nSPS) is 37.7. The van der Waals surface area contributed by atoms with E-state index < -0.39 is 58.0 Å². The lowest BCUT2D eigenvalue weighted by Gasteiger charge is -2.54. The van der Waals surface area contributed by atoms with Gasteiger partial charge < -0.3 is 19.3 Å². The lowest BCUT2D eigenvalue weighted by atomic mass is 9.51. The van der Waals surface area contributed by atoms with Gasteiger partial charge in [0.25, 0.3) is 10.1 Å². The molecule has 6 atom stereocenters. The summed E-state index contributed by atoms with van der Waals surface area (Å²) in [5.41, 5.74) is 0.472. The second kappa shape index (κ2) is 10.1. The van der Waals surface area contributed by atoms with Crippen molar-refractivity contribution in [2.24, 2.45) is 47.3 Å². The molecule has 9 rings (SSSR count). The van der Waals surface area contributed by atoms with Crippen LogP contribution in [-0.4, -0.2) is 48.2 Å². The summed E-state index contributed by atoms with van der Waals surface area (Å²) in [5.74, 6) is -2.60. The number of benzene rings is 2. The van der Waals surface area contributed by atoms with E-state index in [0.717, 1.165) is 25.7 Å². The maximum absolute atomic E-state index is 13.8. The summed E-state index contributed by atoms with van der Waals surface area (Å²) in [7, 11) is -4.51. The zero-order chi connectivity index (χ0) is 30.7. The number of phenols is 1. The number of ether oxygens (including phenoxy) is 3. The van der Waals surface area contributed by atoms with E-state index in [4.69, 9.17) is 14.2 Å². The van der Waals surface area contributed by atoms with Crippen LogP contribution in [0.15, 0.2) is 41.3 Å². The summed E-state index contributed by atoms with van der Waals surface area (Å²) in [6, 6.07) is 8.96. The third kappa shape index (κ3) is 4.41. The highest BCUT2D eigenvalue weighted by Gasteiger charge is 2.70. The molecule has 6 aliphatic carbocycles. The van der Waals surface area contributed by atoms with E-state index in [-0.39, 0.29) is 33.8 Å². The van der Waals surface area contributed by atoms with Crippen molar-refractivity contribution in [2.45, 2.75) is 61.5 Å². The summed E-state index contributed by atoms with van der Waals surface area (Å²) >= 11 is 1.91. The first-order chi connectivity index (χ1) is 21.0. The van der Waals surface area contributed by atoms with Crippen LogP contribution in [0.2, 0.25) is 0 Å². The van der Waals surface area contributed by atoms with E-state index in [0.29, 0.717) is 39.2 Å². The number of halogens is 1. The van der Waals surface area contributed by atoms with Crippen molar-refractivity contribution in [3.63, 3.8) is 0 Å². The fourth-order valence-corrected chi connectivity index (χ4v) is 11.3. The molecule has 1 saturated heterocycles. The van der Waals surface area contributed by atoms with Gasteiger partial charge in [0.05, 0.1) is 20.3 Å². The van der Waals surface area contributed by atoms with Crippen LogP contribution in [0.25, 0.3) is 0 Å². The minimum Gasteiger partial charge on any atom is -0.506 e. The Balaban J connectivity index is 1.07. The average Bonchev–Trinajstić information content (AvgIpc) is 3.57. The van der Waals surface area contributed by atoms with Crippen LogP contribution in [0, 0.1) is 50.9 Å². The molecule has 44 heavy (non-hydrogen) atoms. The van der Waals surface area contributed by atoms with Gasteiger partial charge >= 0.3 is 17.9 Å². The van der Waals surface area contributed by atoms with Gasteiger partial charge in [-0.2, -0.15) is 8.42 Å². The van der Waals surface area contributed by atoms with E-state index in [9.17, 15) is 32.5 Å². The highest BCUT2D eigenvalue weighted by atomic mass is 127. The minimum atomic E-state index is -4.51. The first-order valence-corrected chi connectivity index (χ1v) is 17.7. The Hall–Kier alpha value is -2.71. The fourth-order valence-electron chi connectivity index (χ4n) is 10.0. The summed E-state index contributed by atoms with van der Waals surface area (Å²) < 4.78 is 52.8. The molecular formula is C32H31IO10S. The molecule has 6 unspecified atom stereocenters. The van der Waals surface area contributed by atoms with Gasteiger partial charge in [-0.3, -0.25) is 14.1 Å². The van der Waals surface area contributed by atoms with Gasteiger partial charge in [0.2, 0.25) is 0 Å². The predicted octanol–water partition coefficient (Wildman–Crippen LogP) is 4.72. The Morgan fingerprint density at radius 2 is 1.64 bits per heavy atom. The first kappa shape index (κ1) is 28.7. The molecule has 1 heterocycles. The van der Waals surface area contributed by atoms with Crippen LogP contribution >= 0.6 is 22.6 Å². The lowest BCUT2D eigenvalue weighted by Crippen LogP contribution is -2.44. The largest absolute Gasteiger partial charge is 0.506 e. The number of rotatable bonds is 6. The van der Waals surface area contributed by atoms with Crippen molar-refractivity contribution >= 4 is 50.6 Å². The highest BCUT2D eigenvalue weighted by Crippen LogP contribution is 2.61. The minimum absolute atomic E-state index is 0.0177. The summed E-state index contributed by atoms with van der Waals surface area (Å²) in [4.78, 5) is 39.6. The molecule has 10 nitrogen and oxygen atoms in total. The molecule has 2 aromatic carbocycles. The molecule has 2 aromatic rings. The summed E-state index contributed by atoms with van der Waals surface area (Å²) in [5, 5.41) is 10.4. The van der Waals surface area contributed by atoms with Gasteiger partial charge in [-0.15, -0.1) is 0 Å². The molecule has 7 aliphatic rings. The number of hydrogen-bond donors (Lipinski definition) is 2. The molecule has 2 N–H and O–H groups in total. The Bertz CT molecular complexity index is 1680. The number of hydrogen-bond acceptors (Lipinski definition) is 9. The highest BCUT2D eigenvalue weighted by molar-refractivity contribution is 14.1. The molecular weight excluding hydrogens is 703 g/mol. The number of carbonyl (C=O) groups excluding carboxylic acids is 3. The van der Waals surface area contributed by atoms with E-state index in [1.807, 2.05) is 22.6 Å². The Kier molecular flexibility index (Phi) is 6.63. The van der Waals surface area contributed by atoms with Gasteiger partial charge in [0, 0.05) is 11.8 Å². The standard InChI is InChI=1S/C32H31IO10S/c33-22-3-1-2-18(27(22)34)30(35)42-28-20-12-21-26(32(37)43-29(21)28)25(20)31(36)41-17-4-5-23(44(38,39)40)19(11-17)24-15-7-13-6-14(9-15)10-16(24)8-13/h1-5,11,13-16,20-21,24-26,28-29,34H,6-10,12H2,(H,38,39,40). The molecule has 12 heteroatoms. The zero-order valence-corrected chi connectivity index (χ0v) is 26.5. The summed E-state index contributed by atoms with van der Waals surface area (Å²) in [6.45, 7) is 0. The summed E-state index contributed by atoms with van der Waals surface area (Å²) in [6.07, 6.45) is 4.25. The molecule has 6 bridgehead atoms. The molecule has 232 valence electrons. The number of para-hydroxylation sites is 1. The van der Waals surface area contributed by atoms with Crippen molar-refractivity contribution in [1.29, 1.82) is 0 Å². The second-order valence-corrected chi connectivity index (χ2v) is 16.1. The van der Waals surface area contributed by atoms with Crippen LogP contribution < -0.4 is 4.74 Å². The van der Waals surface area contributed by atoms with Crippen LogP contribution in [0.1, 0.15) is 60.4 Å². The van der Waals surface area contributed by atoms with Crippen LogP contribution in [0.5, 0.6) is 11.5 Å². The van der Waals surface area contributed by atoms with Crippen molar-refractivity contribution in [1.82, 2.24) is 0 Å². The van der Waals surface area contributed by atoms with Crippen molar-refractivity contribution in [2.75, 3.05) is 0 Å². The van der Waals surface area contributed by atoms with Crippen LogP contribution in [0.4, 0.5) is 0 Å². The van der Waals surface area contributed by atoms with Crippen molar-refractivity contribution in [3.05, 3.63) is 51.1 Å². The monoisotopic (exact) mass is 734 g/mol. The first-order valence-electron chi connectivity index (χ1n) is 15.2. The SMILES string of the molecule is O=C(OC1C2CC3C1OC(=O)C3C2C(=O)Oc1ccc(S(=O)(=O)O)c(C2C3CC4CC(C3)CC2C4)c1)c1cccc(I)c1O. The Labute approximate surface area is 267 Å². The Morgan fingerprint density at radius 1 is 0.932 bits per heavy atom. The van der Waals surface area contributed by atoms with Gasteiger partial charge in [0.1, 0.15) is 29.3 Å². The van der Waals surface area contributed by atoms with Crippen LogP contribution in [-0.2, 0) is 29.2 Å². The van der Waals surface area contributed by atoms with Crippen molar-refractivity contribution < 1.29 is 46.7 Å². The average molecular weight is 735 g/mol. The predicted molar refractivity (Wildman–Crippen MR) is 160 cm³/mol. The third-order valence-corrected chi connectivity index (χ3v) is 13.1. The van der Waals surface area contributed by atoms with E-state index in [1.54, 1.807) is 18.2 Å². The van der Waals surface area contributed by atoms with Gasteiger partial charge in [-0.25, -0.2) is 4.79 Å². The lowest BCUT2D eigenvalue weighted by molar-refractivity contribution is -0.149. The van der Waals surface area contributed by atoms with Gasteiger partial charge in [-0.1, -0.05) is 6.07 Å². The van der Waals surface area contributed by atoms with Crippen LogP contribution in [0.3, 0.4) is 0 Å². The number of esters is 3. The van der Waals surface area contributed by atoms with E-state index in [1.165, 1.54) is 24.6 Å². The second-order valence-electron chi connectivity index (χ2n) is 13.6. The fraction of sp³-hybridized carbons (Fsp3) is 0.531. The number of fused-ring (bicyclic) bond motifs is 1. The topological polar surface area (TPSA) is 153 Å². The smallest absolute Gasteiger partial charge is 0.342 e. The van der Waals surface area contributed by atoms with Gasteiger partial charge in [0.15, 0.2) is 0 Å². The molecule has 0 amide bonds. The number of phenolic OH excluding ortho intramolecular Hbond substituents is 1. The quantitative estimate of drug-likeness (QED) is 0.185. The molecule has 1 aliphatic heterocycles. The van der Waals surface area contributed by atoms with Gasteiger partial charge in [-0.05, 0) is 127 Å². The van der Waals surface area contributed by atoms with E-state index >= 15 is 0 Å². The maximum Gasteiger partial charge on any atom is 0.342 e. The molecule has 7 fully saturated rings. The molecule has 6 saturated carbocycles. The maximum atomic E-state index is 13.8. The Morgan fingerprint density at radius 3 is 2.32 bits per heavy atom. The van der Waals surface area contributed by atoms with E-state index in [2.05, 4.69) is 0 Å². The molecule has 0 aromatic heterocycles. The zero-order valence-electron chi connectivity index (χ0n) is 23.5.